The fraction of sp³-hybridized carbons (Fsp3) is 0.818. The van der Waals surface area contributed by atoms with Gasteiger partial charge in [-0.25, -0.2) is 8.42 Å². The van der Waals surface area contributed by atoms with Gasteiger partial charge in [-0.15, -0.1) is 10.2 Å². The molecule has 1 fully saturated rings. The Labute approximate surface area is 114 Å². The van der Waals surface area contributed by atoms with E-state index in [1.54, 1.807) is 17.6 Å². The van der Waals surface area contributed by atoms with Crippen LogP contribution in [0.3, 0.4) is 0 Å². The highest BCUT2D eigenvalue weighted by Crippen LogP contribution is 2.08. The molecule has 1 aliphatic rings. The number of hydrogen-bond acceptors (Lipinski definition) is 5. The highest BCUT2D eigenvalue weighted by molar-refractivity contribution is 7.89. The molecule has 0 spiro atoms. The van der Waals surface area contributed by atoms with Gasteiger partial charge in [0.15, 0.2) is 0 Å². The summed E-state index contributed by atoms with van der Waals surface area (Å²) in [7, 11) is -3.03. The van der Waals surface area contributed by atoms with Crippen LogP contribution in [-0.2, 0) is 16.6 Å². The lowest BCUT2D eigenvalue weighted by Gasteiger charge is -2.33. The van der Waals surface area contributed by atoms with E-state index in [2.05, 4.69) is 15.1 Å². The first-order valence-corrected chi connectivity index (χ1v) is 8.18. The summed E-state index contributed by atoms with van der Waals surface area (Å²) in [5, 5.41) is 7.79. The molecule has 1 saturated heterocycles. The molecule has 0 radical (unpaired) electrons. The highest BCUT2D eigenvalue weighted by atomic mass is 32.2. The molecule has 108 valence electrons. The third-order valence-corrected chi connectivity index (χ3v) is 5.44. The summed E-state index contributed by atoms with van der Waals surface area (Å²) >= 11 is 0. The smallest absolute Gasteiger partial charge is 0.213 e. The third-order valence-electron chi connectivity index (χ3n) is 3.56. The van der Waals surface area contributed by atoms with E-state index < -0.39 is 10.0 Å². The van der Waals surface area contributed by atoms with Gasteiger partial charge in [-0.3, -0.25) is 4.90 Å². The first kappa shape index (κ1) is 14.4. The second kappa shape index (κ2) is 5.98. The quantitative estimate of drug-likeness (QED) is 0.734. The van der Waals surface area contributed by atoms with Crippen LogP contribution in [0.5, 0.6) is 0 Å². The first-order valence-electron chi connectivity index (χ1n) is 6.57. The van der Waals surface area contributed by atoms with Gasteiger partial charge >= 0.3 is 0 Å². The number of sulfonamides is 1. The molecule has 0 aromatic carbocycles. The number of nitrogens with zero attached hydrogens (tertiary/aromatic N) is 5. The van der Waals surface area contributed by atoms with Crippen molar-refractivity contribution >= 4 is 10.0 Å². The van der Waals surface area contributed by atoms with E-state index in [-0.39, 0.29) is 5.75 Å². The monoisotopic (exact) mass is 287 g/mol. The molecule has 1 aromatic rings. The predicted molar refractivity (Wildman–Crippen MR) is 72.2 cm³/mol. The van der Waals surface area contributed by atoms with Gasteiger partial charge in [-0.05, 0) is 13.8 Å². The van der Waals surface area contributed by atoms with Crippen molar-refractivity contribution in [2.45, 2.75) is 20.4 Å². The summed E-state index contributed by atoms with van der Waals surface area (Å²) in [5.41, 5.74) is 0. The van der Waals surface area contributed by atoms with Gasteiger partial charge in [0.2, 0.25) is 10.0 Å². The van der Waals surface area contributed by atoms with Crippen LogP contribution in [0.15, 0.2) is 6.33 Å². The lowest BCUT2D eigenvalue weighted by molar-refractivity contribution is 0.182. The Balaban J connectivity index is 1.80. The van der Waals surface area contributed by atoms with Gasteiger partial charge in [0.25, 0.3) is 0 Å². The minimum atomic E-state index is -3.03. The molecule has 2 rings (SSSR count). The van der Waals surface area contributed by atoms with E-state index in [9.17, 15) is 8.42 Å². The van der Waals surface area contributed by atoms with Crippen LogP contribution >= 0.6 is 0 Å². The molecule has 8 heteroatoms. The third kappa shape index (κ3) is 3.52. The summed E-state index contributed by atoms with van der Waals surface area (Å²) in [6.07, 6.45) is 1.73. The van der Waals surface area contributed by atoms with Gasteiger partial charge in [0.1, 0.15) is 12.2 Å². The second-order valence-corrected chi connectivity index (χ2v) is 6.97. The van der Waals surface area contributed by atoms with Gasteiger partial charge in [-0.2, -0.15) is 4.31 Å². The molecule has 19 heavy (non-hydrogen) atoms. The number of aromatic nitrogens is 3. The Morgan fingerprint density at radius 2 is 1.89 bits per heavy atom. The molecule has 0 atom stereocenters. The van der Waals surface area contributed by atoms with E-state index in [1.807, 2.05) is 11.5 Å². The molecule has 1 aliphatic heterocycles. The molecule has 1 aromatic heterocycles. The van der Waals surface area contributed by atoms with Crippen molar-refractivity contribution in [2.75, 3.05) is 38.5 Å². The minimum absolute atomic E-state index is 0.187. The summed E-state index contributed by atoms with van der Waals surface area (Å²) in [5.74, 6) is 1.10. The van der Waals surface area contributed by atoms with Crippen LogP contribution in [0.4, 0.5) is 0 Å². The van der Waals surface area contributed by atoms with Crippen molar-refractivity contribution < 1.29 is 8.42 Å². The topological polar surface area (TPSA) is 71.3 Å². The van der Waals surface area contributed by atoms with Crippen molar-refractivity contribution in [2.24, 2.45) is 0 Å². The number of piperazine rings is 1. The fourth-order valence-corrected chi connectivity index (χ4v) is 3.28. The van der Waals surface area contributed by atoms with E-state index in [0.717, 1.165) is 32.0 Å². The van der Waals surface area contributed by atoms with Crippen LogP contribution in [-0.4, -0.2) is 70.9 Å². The second-order valence-electron chi connectivity index (χ2n) is 4.71. The number of aryl methyl sites for hydroxylation is 1. The van der Waals surface area contributed by atoms with E-state index in [4.69, 9.17) is 0 Å². The maximum absolute atomic E-state index is 11.7. The molecule has 0 bridgehead atoms. The molecular formula is C11H21N5O2S. The van der Waals surface area contributed by atoms with Gasteiger partial charge in [0, 0.05) is 39.3 Å². The zero-order chi connectivity index (χ0) is 13.9. The minimum Gasteiger partial charge on any atom is -0.317 e. The average molecular weight is 287 g/mol. The maximum Gasteiger partial charge on any atom is 0.213 e. The van der Waals surface area contributed by atoms with Crippen molar-refractivity contribution in [1.29, 1.82) is 0 Å². The average Bonchev–Trinajstić information content (AvgIpc) is 2.82. The van der Waals surface area contributed by atoms with Crippen LogP contribution in [0.2, 0.25) is 0 Å². The van der Waals surface area contributed by atoms with Crippen molar-refractivity contribution in [3.8, 4) is 0 Å². The maximum atomic E-state index is 11.7. The lowest BCUT2D eigenvalue weighted by Crippen LogP contribution is -2.49. The predicted octanol–water partition coefficient (Wildman–Crippen LogP) is -0.446. The van der Waals surface area contributed by atoms with Crippen LogP contribution in [0.1, 0.15) is 12.7 Å². The van der Waals surface area contributed by atoms with E-state index in [1.165, 1.54) is 0 Å². The Hall–Kier alpha value is -0.990. The standard InChI is InChI=1S/C11H21N5O2S/c1-3-19(17,18)16-8-5-14(6-9-16)4-7-15-10-12-13-11(15)2/h10H,3-9H2,1-2H3. The van der Waals surface area contributed by atoms with Gasteiger partial charge in [0.05, 0.1) is 5.75 Å². The first-order chi connectivity index (χ1) is 9.03. The van der Waals surface area contributed by atoms with Crippen molar-refractivity contribution in [3.63, 3.8) is 0 Å². The molecule has 0 N–H and O–H groups in total. The lowest BCUT2D eigenvalue weighted by atomic mass is 10.3. The molecule has 0 unspecified atom stereocenters. The Bertz CT molecular complexity index is 505. The summed E-state index contributed by atoms with van der Waals surface area (Å²) < 4.78 is 27.1. The zero-order valence-electron chi connectivity index (χ0n) is 11.5. The number of rotatable bonds is 5. The number of hydrogen-bond donors (Lipinski definition) is 0. The Morgan fingerprint density at radius 3 is 2.42 bits per heavy atom. The molecule has 0 amide bonds. The SMILES string of the molecule is CCS(=O)(=O)N1CCN(CCn2cnnc2C)CC1. The van der Waals surface area contributed by atoms with E-state index >= 15 is 0 Å². The van der Waals surface area contributed by atoms with Crippen molar-refractivity contribution in [3.05, 3.63) is 12.2 Å². The summed E-state index contributed by atoms with van der Waals surface area (Å²) in [4.78, 5) is 2.28. The molecule has 0 aliphatic carbocycles. The molecule has 7 nitrogen and oxygen atoms in total. The van der Waals surface area contributed by atoms with Gasteiger partial charge in [-0.1, -0.05) is 0 Å². The largest absolute Gasteiger partial charge is 0.317 e. The Kier molecular flexibility index (Phi) is 4.54. The van der Waals surface area contributed by atoms with Crippen molar-refractivity contribution in [1.82, 2.24) is 24.0 Å². The van der Waals surface area contributed by atoms with Crippen LogP contribution in [0, 0.1) is 6.92 Å². The van der Waals surface area contributed by atoms with E-state index in [0.29, 0.717) is 13.1 Å². The van der Waals surface area contributed by atoms with Gasteiger partial charge < -0.3 is 4.57 Å². The van der Waals surface area contributed by atoms with Crippen LogP contribution < -0.4 is 0 Å². The zero-order valence-corrected chi connectivity index (χ0v) is 12.3. The normalized spacial score (nSPS) is 18.8. The molecule has 0 saturated carbocycles. The summed E-state index contributed by atoms with van der Waals surface area (Å²) in [6, 6.07) is 0. The highest BCUT2D eigenvalue weighted by Gasteiger charge is 2.25. The molecular weight excluding hydrogens is 266 g/mol. The van der Waals surface area contributed by atoms with Crippen LogP contribution in [0.25, 0.3) is 0 Å². The molecule has 2 heterocycles. The summed E-state index contributed by atoms with van der Waals surface area (Å²) in [6.45, 7) is 8.14. The fourth-order valence-electron chi connectivity index (χ4n) is 2.20. The Morgan fingerprint density at radius 1 is 1.21 bits per heavy atom.